The molecule has 24 heavy (non-hydrogen) atoms. The minimum atomic E-state index is -0.201. The predicted molar refractivity (Wildman–Crippen MR) is 92.6 cm³/mol. The van der Waals surface area contributed by atoms with Gasteiger partial charge in [0.15, 0.2) is 5.69 Å². The molecule has 5 nitrogen and oxygen atoms in total. The van der Waals surface area contributed by atoms with Crippen LogP contribution in [-0.4, -0.2) is 28.6 Å². The van der Waals surface area contributed by atoms with Gasteiger partial charge >= 0.3 is 0 Å². The molecular weight excluding hydrogens is 302 g/mol. The largest absolute Gasteiger partial charge is 0.361 e. The Bertz CT molecular complexity index is 695. The number of rotatable bonds is 5. The van der Waals surface area contributed by atoms with Crippen molar-refractivity contribution in [2.75, 3.05) is 6.54 Å². The molecule has 0 bridgehead atoms. The van der Waals surface area contributed by atoms with E-state index in [0.29, 0.717) is 24.0 Å². The van der Waals surface area contributed by atoms with E-state index in [1.54, 1.807) is 13.0 Å². The number of benzene rings is 1. The minimum Gasteiger partial charge on any atom is -0.361 e. The lowest BCUT2D eigenvalue weighted by Crippen LogP contribution is -2.37. The van der Waals surface area contributed by atoms with Gasteiger partial charge in [0.05, 0.1) is 0 Å². The Morgan fingerprint density at radius 3 is 2.83 bits per heavy atom. The molecule has 0 saturated carbocycles. The maximum atomic E-state index is 12.1. The number of piperidine rings is 1. The van der Waals surface area contributed by atoms with E-state index >= 15 is 0 Å². The summed E-state index contributed by atoms with van der Waals surface area (Å²) in [6.07, 6.45) is 3.87. The van der Waals surface area contributed by atoms with Crippen molar-refractivity contribution in [1.82, 2.24) is 15.4 Å². The van der Waals surface area contributed by atoms with Gasteiger partial charge in [-0.05, 0) is 44.4 Å². The molecule has 1 saturated heterocycles. The Morgan fingerprint density at radius 2 is 2.12 bits per heavy atom. The zero-order chi connectivity index (χ0) is 16.9. The summed E-state index contributed by atoms with van der Waals surface area (Å²) in [6.45, 7) is 6.68. The van der Waals surface area contributed by atoms with Crippen LogP contribution in [0.3, 0.4) is 0 Å². The molecule has 2 heterocycles. The summed E-state index contributed by atoms with van der Waals surface area (Å²) >= 11 is 0. The van der Waals surface area contributed by atoms with Crippen molar-refractivity contribution in [3.8, 4) is 0 Å². The van der Waals surface area contributed by atoms with Crippen molar-refractivity contribution in [2.24, 2.45) is 0 Å². The van der Waals surface area contributed by atoms with Crippen LogP contribution in [0.15, 0.2) is 34.9 Å². The van der Waals surface area contributed by atoms with E-state index in [0.717, 1.165) is 18.7 Å². The van der Waals surface area contributed by atoms with Crippen LogP contribution in [0.2, 0.25) is 0 Å². The van der Waals surface area contributed by atoms with E-state index < -0.39 is 0 Å². The summed E-state index contributed by atoms with van der Waals surface area (Å²) < 4.78 is 4.96. The van der Waals surface area contributed by atoms with Crippen LogP contribution in [0.5, 0.6) is 0 Å². The number of aromatic nitrogens is 1. The molecule has 1 aromatic carbocycles. The van der Waals surface area contributed by atoms with Gasteiger partial charge in [0.2, 0.25) is 0 Å². The molecule has 0 spiro atoms. The molecule has 2 aromatic rings. The second-order valence-corrected chi connectivity index (χ2v) is 6.59. The Balaban J connectivity index is 1.64. The van der Waals surface area contributed by atoms with Crippen molar-refractivity contribution in [3.05, 3.63) is 52.9 Å². The number of nitrogens with zero attached hydrogens (tertiary/aromatic N) is 2. The summed E-state index contributed by atoms with van der Waals surface area (Å²) in [5.74, 6) is 0.438. The van der Waals surface area contributed by atoms with E-state index in [4.69, 9.17) is 4.52 Å². The number of hydrogen-bond donors (Lipinski definition) is 1. The monoisotopic (exact) mass is 327 g/mol. The second-order valence-electron chi connectivity index (χ2n) is 6.59. The molecular formula is C19H25N3O2. The molecule has 1 fully saturated rings. The van der Waals surface area contributed by atoms with E-state index in [1.165, 1.54) is 24.8 Å². The molecule has 0 radical (unpaired) electrons. The van der Waals surface area contributed by atoms with Gasteiger partial charge in [-0.3, -0.25) is 9.69 Å². The topological polar surface area (TPSA) is 58.4 Å². The summed E-state index contributed by atoms with van der Waals surface area (Å²) in [5, 5.41) is 6.70. The first-order chi connectivity index (χ1) is 11.6. The van der Waals surface area contributed by atoms with Crippen molar-refractivity contribution in [1.29, 1.82) is 0 Å². The third kappa shape index (κ3) is 4.03. The van der Waals surface area contributed by atoms with Gasteiger partial charge in [0.1, 0.15) is 5.76 Å². The number of carbonyl (C=O) groups excluding carboxylic acids is 1. The van der Waals surface area contributed by atoms with Crippen molar-refractivity contribution >= 4 is 5.91 Å². The summed E-state index contributed by atoms with van der Waals surface area (Å²) in [6, 6.07) is 10.6. The smallest absolute Gasteiger partial charge is 0.273 e. The van der Waals surface area contributed by atoms with Crippen molar-refractivity contribution in [3.63, 3.8) is 0 Å². The highest BCUT2D eigenvalue weighted by Crippen LogP contribution is 2.20. The molecule has 1 N–H and O–H groups in total. The van der Waals surface area contributed by atoms with Gasteiger partial charge in [-0.15, -0.1) is 0 Å². The van der Waals surface area contributed by atoms with Crippen molar-refractivity contribution in [2.45, 2.75) is 52.2 Å². The zero-order valence-electron chi connectivity index (χ0n) is 14.4. The predicted octanol–water partition coefficient (Wildman–Crippen LogP) is 3.29. The maximum absolute atomic E-state index is 12.1. The Kier molecular flexibility index (Phi) is 5.30. The average molecular weight is 327 g/mol. The Morgan fingerprint density at radius 1 is 1.33 bits per heavy atom. The fourth-order valence-electron chi connectivity index (χ4n) is 3.23. The average Bonchev–Trinajstić information content (AvgIpc) is 3.02. The summed E-state index contributed by atoms with van der Waals surface area (Å²) in [5.41, 5.74) is 2.77. The molecule has 1 aliphatic rings. The van der Waals surface area contributed by atoms with Gasteiger partial charge < -0.3 is 9.84 Å². The fourth-order valence-corrected chi connectivity index (χ4v) is 3.23. The first-order valence-electron chi connectivity index (χ1n) is 8.66. The highest BCUT2D eigenvalue weighted by Gasteiger charge is 2.19. The number of hydrogen-bond acceptors (Lipinski definition) is 4. The van der Waals surface area contributed by atoms with E-state index in [-0.39, 0.29) is 5.91 Å². The lowest BCUT2D eigenvalue weighted by atomic mass is 10.0. The molecule has 1 aliphatic heterocycles. The number of likely N-dealkylation sites (tertiary alicyclic amines) is 1. The van der Waals surface area contributed by atoms with Crippen LogP contribution in [0, 0.1) is 6.92 Å². The maximum Gasteiger partial charge on any atom is 0.273 e. The Labute approximate surface area is 143 Å². The summed E-state index contributed by atoms with van der Waals surface area (Å²) in [7, 11) is 0. The van der Waals surface area contributed by atoms with Gasteiger partial charge in [-0.2, -0.15) is 0 Å². The lowest BCUT2D eigenvalue weighted by Gasteiger charge is -2.33. The van der Waals surface area contributed by atoms with Gasteiger partial charge in [-0.1, -0.05) is 35.8 Å². The fraction of sp³-hybridized carbons (Fsp3) is 0.474. The third-order valence-corrected chi connectivity index (χ3v) is 4.73. The highest BCUT2D eigenvalue weighted by atomic mass is 16.5. The molecule has 1 amide bonds. The molecule has 128 valence electrons. The Hall–Kier alpha value is -2.14. The molecule has 5 heteroatoms. The first-order valence-corrected chi connectivity index (χ1v) is 8.66. The number of carbonyl (C=O) groups is 1. The quantitative estimate of drug-likeness (QED) is 0.915. The van der Waals surface area contributed by atoms with Crippen LogP contribution in [0.25, 0.3) is 0 Å². The summed E-state index contributed by atoms with van der Waals surface area (Å²) in [4.78, 5) is 14.7. The molecule has 1 unspecified atom stereocenters. The van der Waals surface area contributed by atoms with Crippen molar-refractivity contribution < 1.29 is 9.32 Å². The van der Waals surface area contributed by atoms with Crippen LogP contribution in [0.1, 0.15) is 53.6 Å². The SMILES string of the molecule is Cc1cc(C(=O)NCc2ccccc2CN2CCCCC2C)no1. The molecule has 3 rings (SSSR count). The van der Waals surface area contributed by atoms with Gasteiger partial charge in [0, 0.05) is 25.2 Å². The lowest BCUT2D eigenvalue weighted by molar-refractivity contribution is 0.0941. The third-order valence-electron chi connectivity index (χ3n) is 4.73. The van der Waals surface area contributed by atoms with Crippen LogP contribution >= 0.6 is 0 Å². The molecule has 1 atom stereocenters. The number of aryl methyl sites for hydroxylation is 1. The first kappa shape index (κ1) is 16.7. The van der Waals surface area contributed by atoms with Crippen LogP contribution in [-0.2, 0) is 13.1 Å². The van der Waals surface area contributed by atoms with Gasteiger partial charge in [0.25, 0.3) is 5.91 Å². The van der Waals surface area contributed by atoms with Gasteiger partial charge in [-0.25, -0.2) is 0 Å². The van der Waals surface area contributed by atoms with Crippen LogP contribution < -0.4 is 5.32 Å². The number of nitrogens with one attached hydrogen (secondary N) is 1. The number of amides is 1. The highest BCUT2D eigenvalue weighted by molar-refractivity contribution is 5.92. The standard InChI is InChI=1S/C19H25N3O2/c1-14-7-5-6-10-22(14)13-17-9-4-3-8-16(17)12-20-19(23)18-11-15(2)24-21-18/h3-4,8-9,11,14H,5-7,10,12-13H2,1-2H3,(H,20,23). The van der Waals surface area contributed by atoms with E-state index in [1.807, 2.05) is 6.07 Å². The minimum absolute atomic E-state index is 0.201. The normalized spacial score (nSPS) is 18.5. The van der Waals surface area contributed by atoms with E-state index in [2.05, 4.69) is 40.5 Å². The zero-order valence-corrected chi connectivity index (χ0v) is 14.4. The van der Waals surface area contributed by atoms with E-state index in [9.17, 15) is 4.79 Å². The van der Waals surface area contributed by atoms with Crippen LogP contribution in [0.4, 0.5) is 0 Å². The second kappa shape index (κ2) is 7.62. The molecule has 0 aliphatic carbocycles. The molecule has 1 aromatic heterocycles.